The Labute approximate surface area is 407 Å². The summed E-state index contributed by atoms with van der Waals surface area (Å²) in [7, 11) is 0. The number of esters is 3. The lowest BCUT2D eigenvalue weighted by Gasteiger charge is -2.18. The molecule has 0 heterocycles. The van der Waals surface area contributed by atoms with Gasteiger partial charge in [0.15, 0.2) is 6.10 Å². The molecule has 6 heteroatoms. The van der Waals surface area contributed by atoms with Crippen molar-refractivity contribution >= 4 is 17.9 Å². The summed E-state index contributed by atoms with van der Waals surface area (Å²) in [4.78, 5) is 38.0. The van der Waals surface area contributed by atoms with Crippen LogP contribution in [-0.2, 0) is 28.6 Å². The minimum atomic E-state index is -0.832. The highest BCUT2D eigenvalue weighted by atomic mass is 16.6. The van der Waals surface area contributed by atoms with Crippen molar-refractivity contribution in [3.05, 3.63) is 97.2 Å². The van der Waals surface area contributed by atoms with Gasteiger partial charge in [-0.3, -0.25) is 14.4 Å². The number of carbonyl (C=O) groups is 3. The van der Waals surface area contributed by atoms with Crippen LogP contribution >= 0.6 is 0 Å². The first-order valence-corrected chi connectivity index (χ1v) is 27.2. The summed E-state index contributed by atoms with van der Waals surface area (Å²) in [6.07, 6.45) is 71.2. The summed E-state index contributed by atoms with van der Waals surface area (Å²) < 4.78 is 16.7. The zero-order chi connectivity index (χ0) is 47.9. The van der Waals surface area contributed by atoms with Crippen LogP contribution < -0.4 is 0 Å². The molecule has 0 saturated heterocycles. The molecule has 0 rings (SSSR count). The maximum atomic E-state index is 12.8. The van der Waals surface area contributed by atoms with Gasteiger partial charge in [0.1, 0.15) is 13.2 Å². The lowest BCUT2D eigenvalue weighted by Crippen LogP contribution is -2.30. The molecular formula is C60H100O6. The van der Waals surface area contributed by atoms with Crippen molar-refractivity contribution in [1.82, 2.24) is 0 Å². The van der Waals surface area contributed by atoms with E-state index in [2.05, 4.69) is 118 Å². The van der Waals surface area contributed by atoms with Gasteiger partial charge in [0.25, 0.3) is 0 Å². The van der Waals surface area contributed by atoms with Crippen molar-refractivity contribution in [2.75, 3.05) is 13.2 Å². The summed E-state index contributed by atoms with van der Waals surface area (Å²) >= 11 is 0. The normalized spacial score (nSPS) is 12.8. The molecule has 0 aliphatic heterocycles. The zero-order valence-corrected chi connectivity index (χ0v) is 42.9. The van der Waals surface area contributed by atoms with Crippen LogP contribution in [0.4, 0.5) is 0 Å². The second kappa shape index (κ2) is 53.9. The molecule has 66 heavy (non-hydrogen) atoms. The minimum absolute atomic E-state index is 0.123. The number of rotatable bonds is 48. The van der Waals surface area contributed by atoms with Crippen LogP contribution in [0.1, 0.15) is 245 Å². The van der Waals surface area contributed by atoms with Crippen molar-refractivity contribution in [2.45, 2.75) is 252 Å². The summed E-state index contributed by atoms with van der Waals surface area (Å²) in [6, 6.07) is 0. The Kier molecular flexibility index (Phi) is 50.9. The molecule has 6 nitrogen and oxygen atoms in total. The fourth-order valence-corrected chi connectivity index (χ4v) is 7.15. The van der Waals surface area contributed by atoms with E-state index < -0.39 is 6.10 Å². The van der Waals surface area contributed by atoms with Crippen LogP contribution in [0, 0.1) is 0 Å². The van der Waals surface area contributed by atoms with E-state index in [1.807, 2.05) is 0 Å². The van der Waals surface area contributed by atoms with Gasteiger partial charge in [0.2, 0.25) is 0 Å². The van der Waals surface area contributed by atoms with Gasteiger partial charge in [-0.15, -0.1) is 0 Å². The third kappa shape index (κ3) is 51.3. The molecule has 376 valence electrons. The van der Waals surface area contributed by atoms with Crippen LogP contribution in [0.15, 0.2) is 97.2 Å². The molecule has 0 radical (unpaired) electrons. The van der Waals surface area contributed by atoms with Crippen LogP contribution in [0.25, 0.3) is 0 Å². The second-order valence-corrected chi connectivity index (χ2v) is 17.8. The molecule has 0 aliphatic carbocycles. The molecule has 0 bridgehead atoms. The molecular weight excluding hydrogens is 817 g/mol. The molecule has 0 spiro atoms. The first-order chi connectivity index (χ1) is 32.5. The molecule has 0 aliphatic rings. The third-order valence-corrected chi connectivity index (χ3v) is 11.3. The topological polar surface area (TPSA) is 78.9 Å². The lowest BCUT2D eigenvalue weighted by molar-refractivity contribution is -0.167. The van der Waals surface area contributed by atoms with E-state index in [9.17, 15) is 14.4 Å². The van der Waals surface area contributed by atoms with Gasteiger partial charge in [-0.25, -0.2) is 0 Å². The van der Waals surface area contributed by atoms with Crippen LogP contribution in [-0.4, -0.2) is 37.2 Å². The van der Waals surface area contributed by atoms with Crippen molar-refractivity contribution in [3.8, 4) is 0 Å². The van der Waals surface area contributed by atoms with Crippen LogP contribution in [0.2, 0.25) is 0 Å². The maximum absolute atomic E-state index is 12.8. The van der Waals surface area contributed by atoms with Crippen molar-refractivity contribution in [1.29, 1.82) is 0 Å². The molecule has 0 aromatic carbocycles. The molecule has 1 atom stereocenters. The summed E-state index contributed by atoms with van der Waals surface area (Å²) in [6.45, 7) is 6.49. The SMILES string of the molecule is CCCCC/C=C\C/C=C\C/C=C\C/C=C\CCCC(=O)OCC(COC(=O)CCCCC/C=C\CCCCCCCCC)OC(=O)CCC/C=C\C/C=C\C/C=C\CCCCCCCC. The Bertz CT molecular complexity index is 1330. The van der Waals surface area contributed by atoms with E-state index in [4.69, 9.17) is 14.2 Å². The molecule has 0 N–H and O–H groups in total. The van der Waals surface area contributed by atoms with E-state index in [0.29, 0.717) is 19.3 Å². The monoisotopic (exact) mass is 917 g/mol. The Morgan fingerprint density at radius 2 is 0.561 bits per heavy atom. The fraction of sp³-hybridized carbons (Fsp3) is 0.683. The largest absolute Gasteiger partial charge is 0.462 e. The highest BCUT2D eigenvalue weighted by molar-refractivity contribution is 5.71. The van der Waals surface area contributed by atoms with Gasteiger partial charge < -0.3 is 14.2 Å². The van der Waals surface area contributed by atoms with Crippen molar-refractivity contribution in [3.63, 3.8) is 0 Å². The van der Waals surface area contributed by atoms with Crippen LogP contribution in [0.3, 0.4) is 0 Å². The smallest absolute Gasteiger partial charge is 0.306 e. The predicted octanol–water partition coefficient (Wildman–Crippen LogP) is 18.1. The van der Waals surface area contributed by atoms with Crippen LogP contribution in [0.5, 0.6) is 0 Å². The maximum Gasteiger partial charge on any atom is 0.306 e. The lowest BCUT2D eigenvalue weighted by atomic mass is 10.1. The third-order valence-electron chi connectivity index (χ3n) is 11.3. The number of hydrogen-bond acceptors (Lipinski definition) is 6. The number of hydrogen-bond donors (Lipinski definition) is 0. The Balaban J connectivity index is 4.58. The molecule has 0 saturated carbocycles. The quantitative estimate of drug-likeness (QED) is 0.0262. The number of ether oxygens (including phenoxy) is 3. The van der Waals surface area contributed by atoms with E-state index >= 15 is 0 Å². The number of carbonyl (C=O) groups excluding carboxylic acids is 3. The second-order valence-electron chi connectivity index (χ2n) is 17.8. The average Bonchev–Trinajstić information content (AvgIpc) is 3.31. The predicted molar refractivity (Wildman–Crippen MR) is 284 cm³/mol. The summed E-state index contributed by atoms with van der Waals surface area (Å²) in [5.41, 5.74) is 0. The Hall–Kier alpha value is -3.67. The average molecular weight is 917 g/mol. The molecule has 0 aromatic rings. The standard InChI is InChI=1S/C60H100O6/c1-4-7-10-13-16-19-22-25-28-30-32-35-38-41-44-47-50-53-59(62)65-56-57(55-64-58(61)52-49-46-43-40-37-34-27-24-21-18-15-12-9-6-3)66-60(63)54-51-48-45-42-39-36-33-31-29-26-23-20-17-14-11-8-5-2/h16,19,25-26,28-29,32-37,41-42,44-45,57H,4-15,17-18,20-24,27,30-31,38-40,43,46-56H2,1-3H3/b19-16-,28-25-,29-26-,35-32-,36-33-,37-34-,44-41-,45-42-. The van der Waals surface area contributed by atoms with Gasteiger partial charge >= 0.3 is 17.9 Å². The Morgan fingerprint density at radius 3 is 0.955 bits per heavy atom. The van der Waals surface area contributed by atoms with E-state index in [1.165, 1.54) is 116 Å². The summed E-state index contributed by atoms with van der Waals surface area (Å²) in [5.74, 6) is -1.05. The van der Waals surface area contributed by atoms with Crippen molar-refractivity contribution in [2.24, 2.45) is 0 Å². The summed E-state index contributed by atoms with van der Waals surface area (Å²) in [5, 5.41) is 0. The van der Waals surface area contributed by atoms with Gasteiger partial charge in [-0.05, 0) is 116 Å². The highest BCUT2D eigenvalue weighted by Crippen LogP contribution is 2.12. The molecule has 0 aromatic heterocycles. The van der Waals surface area contributed by atoms with Gasteiger partial charge in [0, 0.05) is 19.3 Å². The zero-order valence-electron chi connectivity index (χ0n) is 42.9. The fourth-order valence-electron chi connectivity index (χ4n) is 7.15. The first-order valence-electron chi connectivity index (χ1n) is 27.2. The van der Waals surface area contributed by atoms with Gasteiger partial charge in [-0.1, -0.05) is 208 Å². The van der Waals surface area contributed by atoms with Crippen molar-refractivity contribution < 1.29 is 28.6 Å². The van der Waals surface area contributed by atoms with E-state index in [-0.39, 0.29) is 44.0 Å². The van der Waals surface area contributed by atoms with E-state index in [1.54, 1.807) is 0 Å². The minimum Gasteiger partial charge on any atom is -0.462 e. The van der Waals surface area contributed by atoms with Gasteiger partial charge in [-0.2, -0.15) is 0 Å². The highest BCUT2D eigenvalue weighted by Gasteiger charge is 2.19. The number of unbranched alkanes of at least 4 members (excludes halogenated alkanes) is 21. The number of allylic oxidation sites excluding steroid dienone is 16. The van der Waals surface area contributed by atoms with E-state index in [0.717, 1.165) is 77.0 Å². The molecule has 1 unspecified atom stereocenters. The Morgan fingerprint density at radius 1 is 0.303 bits per heavy atom. The molecule has 0 fully saturated rings. The first kappa shape index (κ1) is 62.3. The van der Waals surface area contributed by atoms with Gasteiger partial charge in [0.05, 0.1) is 0 Å². The molecule has 0 amide bonds.